The number of alkyl carbamates (subject to hydrolysis) is 1. The predicted molar refractivity (Wildman–Crippen MR) is 73.8 cm³/mol. The lowest BCUT2D eigenvalue weighted by molar-refractivity contribution is -0.149. The fourth-order valence-electron chi connectivity index (χ4n) is 1.32. The summed E-state index contributed by atoms with van der Waals surface area (Å²) in [5, 5.41) is 2.59. The summed E-state index contributed by atoms with van der Waals surface area (Å²) in [6.07, 6.45) is 0.169. The number of esters is 1. The van der Waals surface area contributed by atoms with Crippen molar-refractivity contribution >= 4 is 12.1 Å². The number of hydrogen-bond acceptors (Lipinski definition) is 4. The van der Waals surface area contributed by atoms with E-state index in [0.717, 1.165) is 6.42 Å². The topological polar surface area (TPSA) is 64.6 Å². The van der Waals surface area contributed by atoms with E-state index >= 15 is 0 Å². The third-order valence-electron chi connectivity index (χ3n) is 2.36. The zero-order chi connectivity index (χ0) is 15.1. The average molecular weight is 273 g/mol. The second-order valence-electron chi connectivity index (χ2n) is 6.10. The smallest absolute Gasteiger partial charge is 0.407 e. The Morgan fingerprint density at radius 2 is 1.74 bits per heavy atom. The molecule has 0 aromatic heterocycles. The van der Waals surface area contributed by atoms with Gasteiger partial charge in [0.25, 0.3) is 0 Å². The van der Waals surface area contributed by atoms with Gasteiger partial charge in [0.2, 0.25) is 0 Å². The molecule has 0 saturated heterocycles. The molecule has 0 radical (unpaired) electrons. The van der Waals surface area contributed by atoms with Crippen LogP contribution >= 0.6 is 0 Å². The van der Waals surface area contributed by atoms with Crippen LogP contribution in [0.5, 0.6) is 0 Å². The lowest BCUT2D eigenvalue weighted by Crippen LogP contribution is -2.50. The van der Waals surface area contributed by atoms with Crippen LogP contribution in [0.25, 0.3) is 0 Å². The van der Waals surface area contributed by atoms with Crippen molar-refractivity contribution in [2.75, 3.05) is 13.2 Å². The molecule has 112 valence electrons. The van der Waals surface area contributed by atoms with Crippen molar-refractivity contribution in [1.82, 2.24) is 5.32 Å². The van der Waals surface area contributed by atoms with Gasteiger partial charge in [0, 0.05) is 0 Å². The molecule has 19 heavy (non-hydrogen) atoms. The van der Waals surface area contributed by atoms with Crippen LogP contribution in [0.1, 0.15) is 48.0 Å². The van der Waals surface area contributed by atoms with Crippen molar-refractivity contribution in [1.29, 1.82) is 0 Å². The molecule has 0 saturated carbocycles. The zero-order valence-corrected chi connectivity index (χ0v) is 12.9. The maximum Gasteiger partial charge on any atom is 0.407 e. The zero-order valence-electron chi connectivity index (χ0n) is 12.9. The van der Waals surface area contributed by atoms with Crippen molar-refractivity contribution in [3.63, 3.8) is 0 Å². The Kier molecular flexibility index (Phi) is 7.49. The van der Waals surface area contributed by atoms with Crippen LogP contribution in [0.3, 0.4) is 0 Å². The van der Waals surface area contributed by atoms with Gasteiger partial charge in [0.05, 0.1) is 13.2 Å². The minimum Gasteiger partial charge on any atom is -0.464 e. The van der Waals surface area contributed by atoms with Crippen LogP contribution in [0.4, 0.5) is 4.79 Å². The largest absolute Gasteiger partial charge is 0.464 e. The average Bonchev–Trinajstić information content (AvgIpc) is 2.28. The van der Waals surface area contributed by atoms with Crippen molar-refractivity contribution in [3.05, 3.63) is 0 Å². The van der Waals surface area contributed by atoms with Gasteiger partial charge in [-0.2, -0.15) is 0 Å². The third kappa shape index (κ3) is 7.70. The Hall–Kier alpha value is -1.26. The Morgan fingerprint density at radius 3 is 2.16 bits per heavy atom. The lowest BCUT2D eigenvalue weighted by Gasteiger charge is -2.29. The second kappa shape index (κ2) is 8.02. The summed E-state index contributed by atoms with van der Waals surface area (Å²) < 4.78 is 10.1. The number of carbonyl (C=O) groups excluding carboxylic acids is 2. The quantitative estimate of drug-likeness (QED) is 0.756. The molecule has 0 aliphatic carbocycles. The van der Waals surface area contributed by atoms with Crippen molar-refractivity contribution < 1.29 is 19.1 Å². The van der Waals surface area contributed by atoms with Crippen molar-refractivity contribution in [2.45, 2.75) is 54.0 Å². The molecule has 0 aliphatic heterocycles. The number of amides is 1. The predicted octanol–water partition coefficient (Wildman–Crippen LogP) is 2.74. The molecule has 1 amide bonds. The molecule has 0 aliphatic rings. The molecular formula is C14H27NO4. The van der Waals surface area contributed by atoms with Crippen LogP contribution in [-0.2, 0) is 14.3 Å². The SMILES string of the molecule is CCCOC(=O)C(NC(=O)OCC(C)C)C(C)(C)C. The molecule has 0 bridgehead atoms. The highest BCUT2D eigenvalue weighted by Gasteiger charge is 2.34. The lowest BCUT2D eigenvalue weighted by atomic mass is 9.87. The molecular weight excluding hydrogens is 246 g/mol. The molecule has 0 fully saturated rings. The standard InChI is InChI=1S/C14H27NO4/c1-7-8-18-12(16)11(14(4,5)6)15-13(17)19-9-10(2)3/h10-11H,7-9H2,1-6H3,(H,15,17). The minimum absolute atomic E-state index is 0.255. The van der Waals surface area contributed by atoms with E-state index in [9.17, 15) is 9.59 Å². The summed E-state index contributed by atoms with van der Waals surface area (Å²) in [5.41, 5.74) is -0.429. The van der Waals surface area contributed by atoms with Crippen molar-refractivity contribution in [3.8, 4) is 0 Å². The molecule has 0 aromatic rings. The first-order valence-electron chi connectivity index (χ1n) is 6.78. The van der Waals surface area contributed by atoms with Crippen LogP contribution in [0.2, 0.25) is 0 Å². The molecule has 1 N–H and O–H groups in total. The van der Waals surface area contributed by atoms with Gasteiger partial charge in [-0.15, -0.1) is 0 Å². The maximum absolute atomic E-state index is 11.9. The van der Waals surface area contributed by atoms with E-state index < -0.39 is 23.5 Å². The maximum atomic E-state index is 11.9. The first-order valence-corrected chi connectivity index (χ1v) is 6.78. The Morgan fingerprint density at radius 1 is 1.16 bits per heavy atom. The number of carbonyl (C=O) groups is 2. The molecule has 0 heterocycles. The summed E-state index contributed by atoms with van der Waals surface area (Å²) in [7, 11) is 0. The highest BCUT2D eigenvalue weighted by Crippen LogP contribution is 2.20. The summed E-state index contributed by atoms with van der Waals surface area (Å²) >= 11 is 0. The van der Waals surface area contributed by atoms with Gasteiger partial charge >= 0.3 is 12.1 Å². The highest BCUT2D eigenvalue weighted by atomic mass is 16.6. The van der Waals surface area contributed by atoms with Crippen molar-refractivity contribution in [2.24, 2.45) is 11.3 Å². The van der Waals surface area contributed by atoms with Gasteiger partial charge in [0.15, 0.2) is 0 Å². The summed E-state index contributed by atoms with van der Waals surface area (Å²) in [6, 6.07) is -0.710. The monoisotopic (exact) mass is 273 g/mol. The highest BCUT2D eigenvalue weighted by molar-refractivity contribution is 5.82. The van der Waals surface area contributed by atoms with E-state index in [1.165, 1.54) is 0 Å². The fourth-order valence-corrected chi connectivity index (χ4v) is 1.32. The Bertz CT molecular complexity index is 294. The van der Waals surface area contributed by atoms with Gasteiger partial charge < -0.3 is 14.8 Å². The third-order valence-corrected chi connectivity index (χ3v) is 2.36. The van der Waals surface area contributed by atoms with Gasteiger partial charge in [-0.25, -0.2) is 9.59 Å². The Labute approximate surface area is 116 Å². The molecule has 1 unspecified atom stereocenters. The van der Waals surface area contributed by atoms with E-state index in [1.54, 1.807) is 0 Å². The number of ether oxygens (including phenoxy) is 2. The molecule has 0 spiro atoms. The fraction of sp³-hybridized carbons (Fsp3) is 0.857. The van der Waals surface area contributed by atoms with Crippen LogP contribution < -0.4 is 5.32 Å². The normalized spacial score (nSPS) is 13.0. The first kappa shape index (κ1) is 17.7. The summed E-state index contributed by atoms with van der Waals surface area (Å²) in [5.74, 6) is -0.165. The summed E-state index contributed by atoms with van der Waals surface area (Å²) in [6.45, 7) is 12.1. The van der Waals surface area contributed by atoms with E-state index in [2.05, 4.69) is 5.32 Å². The van der Waals surface area contributed by atoms with Gasteiger partial charge in [-0.1, -0.05) is 41.5 Å². The van der Waals surface area contributed by atoms with Crippen LogP contribution in [-0.4, -0.2) is 31.3 Å². The summed E-state index contributed by atoms with van der Waals surface area (Å²) in [4.78, 5) is 23.6. The number of hydrogen-bond donors (Lipinski definition) is 1. The van der Waals surface area contributed by atoms with E-state index in [0.29, 0.717) is 13.2 Å². The van der Waals surface area contributed by atoms with E-state index in [1.807, 2.05) is 41.5 Å². The second-order valence-corrected chi connectivity index (χ2v) is 6.10. The van der Waals surface area contributed by atoms with Gasteiger partial charge in [-0.3, -0.25) is 0 Å². The minimum atomic E-state index is -0.710. The van der Waals surface area contributed by atoms with Gasteiger partial charge in [-0.05, 0) is 17.8 Å². The first-order chi connectivity index (χ1) is 8.68. The molecule has 5 nitrogen and oxygen atoms in total. The Balaban J connectivity index is 4.52. The number of nitrogens with one attached hydrogen (secondary N) is 1. The molecule has 0 aromatic carbocycles. The van der Waals surface area contributed by atoms with Crippen LogP contribution in [0.15, 0.2) is 0 Å². The van der Waals surface area contributed by atoms with Crippen LogP contribution in [0, 0.1) is 11.3 Å². The van der Waals surface area contributed by atoms with E-state index in [4.69, 9.17) is 9.47 Å². The molecule has 1 atom stereocenters. The van der Waals surface area contributed by atoms with E-state index in [-0.39, 0.29) is 5.92 Å². The number of rotatable bonds is 6. The molecule has 0 rings (SSSR count). The molecule has 5 heteroatoms. The van der Waals surface area contributed by atoms with Gasteiger partial charge in [0.1, 0.15) is 6.04 Å².